The fourth-order valence-corrected chi connectivity index (χ4v) is 3.22. The van der Waals surface area contributed by atoms with Crippen molar-refractivity contribution in [3.05, 3.63) is 52.0 Å². The zero-order valence-electron chi connectivity index (χ0n) is 9.27. The van der Waals surface area contributed by atoms with E-state index in [2.05, 4.69) is 25.6 Å². The summed E-state index contributed by atoms with van der Waals surface area (Å²) >= 11 is 8.71. The molecular weight excluding hydrogens is 359 g/mol. The fraction of sp³-hybridized carbons (Fsp3) is 0. The van der Waals surface area contributed by atoms with Gasteiger partial charge in [-0.1, -0.05) is 11.6 Å². The third-order valence-electron chi connectivity index (χ3n) is 2.19. The van der Waals surface area contributed by atoms with Gasteiger partial charge in [0.1, 0.15) is 15.9 Å². The standard InChI is InChI=1S/C11H7BrClFN2O2S/c12-8-6-7(3-4-9(8)14)16-19(17,18)10-2-1-5-15-11(10)13/h1-6,16H. The first-order chi connectivity index (χ1) is 8.90. The Hall–Kier alpha value is -1.18. The van der Waals surface area contributed by atoms with E-state index in [-0.39, 0.29) is 20.2 Å². The molecule has 1 heterocycles. The van der Waals surface area contributed by atoms with Crippen molar-refractivity contribution >= 4 is 43.2 Å². The quantitative estimate of drug-likeness (QED) is 0.848. The van der Waals surface area contributed by atoms with E-state index in [1.165, 1.54) is 30.5 Å². The number of nitrogens with one attached hydrogen (secondary N) is 1. The van der Waals surface area contributed by atoms with Crippen molar-refractivity contribution in [3.8, 4) is 0 Å². The predicted molar refractivity (Wildman–Crippen MR) is 74.2 cm³/mol. The molecule has 2 aromatic rings. The summed E-state index contributed by atoms with van der Waals surface area (Å²) in [4.78, 5) is 3.55. The van der Waals surface area contributed by atoms with Gasteiger partial charge in [0.05, 0.1) is 10.2 Å². The Bertz CT molecular complexity index is 724. The molecule has 19 heavy (non-hydrogen) atoms. The first-order valence-electron chi connectivity index (χ1n) is 4.98. The van der Waals surface area contributed by atoms with Crippen LogP contribution >= 0.6 is 27.5 Å². The number of anilines is 1. The number of pyridine rings is 1. The molecule has 0 amide bonds. The molecule has 2 rings (SSSR count). The molecule has 0 aliphatic heterocycles. The van der Waals surface area contributed by atoms with E-state index in [1.807, 2.05) is 0 Å². The molecule has 0 saturated heterocycles. The number of sulfonamides is 1. The number of benzene rings is 1. The monoisotopic (exact) mass is 364 g/mol. The summed E-state index contributed by atoms with van der Waals surface area (Å²) in [7, 11) is -3.86. The Morgan fingerprint density at radius 3 is 2.68 bits per heavy atom. The lowest BCUT2D eigenvalue weighted by Gasteiger charge is -2.09. The van der Waals surface area contributed by atoms with Crippen LogP contribution in [-0.2, 0) is 10.0 Å². The molecule has 0 aliphatic rings. The van der Waals surface area contributed by atoms with Crippen molar-refractivity contribution in [1.82, 2.24) is 4.98 Å². The molecule has 0 radical (unpaired) electrons. The van der Waals surface area contributed by atoms with Crippen LogP contribution in [-0.4, -0.2) is 13.4 Å². The lowest BCUT2D eigenvalue weighted by Crippen LogP contribution is -2.13. The van der Waals surface area contributed by atoms with Crippen LogP contribution in [0.2, 0.25) is 5.15 Å². The van der Waals surface area contributed by atoms with E-state index >= 15 is 0 Å². The highest BCUT2D eigenvalue weighted by molar-refractivity contribution is 9.10. The van der Waals surface area contributed by atoms with Crippen molar-refractivity contribution in [1.29, 1.82) is 0 Å². The van der Waals surface area contributed by atoms with E-state index < -0.39 is 15.8 Å². The van der Waals surface area contributed by atoms with Crippen molar-refractivity contribution in [2.24, 2.45) is 0 Å². The molecule has 0 aliphatic carbocycles. The number of nitrogens with zero attached hydrogens (tertiary/aromatic N) is 1. The molecule has 100 valence electrons. The summed E-state index contributed by atoms with van der Waals surface area (Å²) in [5, 5.41) is -0.129. The third-order valence-corrected chi connectivity index (χ3v) is 4.62. The maximum absolute atomic E-state index is 13.1. The molecule has 0 atom stereocenters. The normalized spacial score (nSPS) is 11.3. The van der Waals surface area contributed by atoms with Crippen LogP contribution in [0.3, 0.4) is 0 Å². The number of rotatable bonds is 3. The van der Waals surface area contributed by atoms with Crippen LogP contribution in [0, 0.1) is 5.82 Å². The van der Waals surface area contributed by atoms with Gasteiger partial charge >= 0.3 is 0 Å². The van der Waals surface area contributed by atoms with Crippen LogP contribution in [0.25, 0.3) is 0 Å². The Labute approximate surface area is 122 Å². The van der Waals surface area contributed by atoms with Gasteiger partial charge in [-0.3, -0.25) is 4.72 Å². The average Bonchev–Trinajstić information content (AvgIpc) is 2.34. The smallest absolute Gasteiger partial charge is 0.264 e. The van der Waals surface area contributed by atoms with Crippen molar-refractivity contribution in [2.75, 3.05) is 4.72 Å². The first-order valence-corrected chi connectivity index (χ1v) is 7.64. The summed E-state index contributed by atoms with van der Waals surface area (Å²) in [5.74, 6) is -0.484. The second-order valence-corrected chi connectivity index (χ2v) is 6.39. The van der Waals surface area contributed by atoms with Gasteiger partial charge in [0.15, 0.2) is 0 Å². The molecule has 1 aromatic carbocycles. The van der Waals surface area contributed by atoms with Crippen molar-refractivity contribution in [3.63, 3.8) is 0 Å². The predicted octanol–water partition coefficient (Wildman–Crippen LogP) is 3.44. The molecule has 0 fully saturated rings. The highest BCUT2D eigenvalue weighted by Crippen LogP contribution is 2.24. The second kappa shape index (κ2) is 5.44. The van der Waals surface area contributed by atoms with Crippen LogP contribution < -0.4 is 4.72 Å². The molecule has 0 unspecified atom stereocenters. The summed E-state index contributed by atoms with van der Waals surface area (Å²) in [6, 6.07) is 6.56. The number of aromatic nitrogens is 1. The zero-order chi connectivity index (χ0) is 14.0. The van der Waals surface area contributed by atoms with E-state index in [0.29, 0.717) is 0 Å². The van der Waals surface area contributed by atoms with Crippen molar-refractivity contribution < 1.29 is 12.8 Å². The minimum atomic E-state index is -3.86. The van der Waals surface area contributed by atoms with Gasteiger partial charge in [0, 0.05) is 6.20 Å². The lowest BCUT2D eigenvalue weighted by atomic mass is 10.3. The maximum Gasteiger partial charge on any atom is 0.264 e. The van der Waals surface area contributed by atoms with Gasteiger partial charge in [-0.25, -0.2) is 17.8 Å². The van der Waals surface area contributed by atoms with Crippen LogP contribution in [0.4, 0.5) is 10.1 Å². The SMILES string of the molecule is O=S(=O)(Nc1ccc(F)c(Br)c1)c1cccnc1Cl. The summed E-state index contributed by atoms with van der Waals surface area (Å²) in [6.45, 7) is 0. The van der Waals surface area contributed by atoms with E-state index in [1.54, 1.807) is 0 Å². The van der Waals surface area contributed by atoms with Crippen LogP contribution in [0.1, 0.15) is 0 Å². The van der Waals surface area contributed by atoms with Gasteiger partial charge < -0.3 is 0 Å². The fourth-order valence-electron chi connectivity index (χ4n) is 1.34. The number of halogens is 3. The van der Waals surface area contributed by atoms with Gasteiger partial charge in [-0.15, -0.1) is 0 Å². The second-order valence-electron chi connectivity index (χ2n) is 3.53. The minimum Gasteiger partial charge on any atom is -0.279 e. The topological polar surface area (TPSA) is 59.1 Å². The van der Waals surface area contributed by atoms with Gasteiger partial charge in [-0.2, -0.15) is 0 Å². The molecule has 4 nitrogen and oxygen atoms in total. The number of hydrogen-bond acceptors (Lipinski definition) is 3. The number of hydrogen-bond donors (Lipinski definition) is 1. The van der Waals surface area contributed by atoms with Crippen molar-refractivity contribution in [2.45, 2.75) is 4.90 Å². The van der Waals surface area contributed by atoms with E-state index in [0.717, 1.165) is 6.07 Å². The van der Waals surface area contributed by atoms with Gasteiger partial charge in [0.2, 0.25) is 0 Å². The molecule has 8 heteroatoms. The average molecular weight is 366 g/mol. The Morgan fingerprint density at radius 2 is 2.05 bits per heavy atom. The van der Waals surface area contributed by atoms with Gasteiger partial charge in [-0.05, 0) is 46.3 Å². The molecule has 0 saturated carbocycles. The largest absolute Gasteiger partial charge is 0.279 e. The maximum atomic E-state index is 13.1. The van der Waals surface area contributed by atoms with Crippen LogP contribution in [0.5, 0.6) is 0 Å². The Kier molecular flexibility index (Phi) is 4.07. The summed E-state index contributed by atoms with van der Waals surface area (Å²) in [6.07, 6.45) is 1.38. The minimum absolute atomic E-state index is 0.129. The van der Waals surface area contributed by atoms with E-state index in [9.17, 15) is 12.8 Å². The lowest BCUT2D eigenvalue weighted by molar-refractivity contribution is 0.600. The van der Waals surface area contributed by atoms with Gasteiger partial charge in [0.25, 0.3) is 10.0 Å². The highest BCUT2D eigenvalue weighted by atomic mass is 79.9. The third kappa shape index (κ3) is 3.23. The molecule has 0 bridgehead atoms. The summed E-state index contributed by atoms with van der Waals surface area (Å²) < 4.78 is 39.7. The zero-order valence-corrected chi connectivity index (χ0v) is 12.4. The Morgan fingerprint density at radius 1 is 1.32 bits per heavy atom. The van der Waals surface area contributed by atoms with Crippen LogP contribution in [0.15, 0.2) is 45.9 Å². The molecule has 1 aromatic heterocycles. The molecule has 1 N–H and O–H groups in total. The molecule has 0 spiro atoms. The highest BCUT2D eigenvalue weighted by Gasteiger charge is 2.18. The molecular formula is C11H7BrClFN2O2S. The Balaban J connectivity index is 2.37. The first kappa shape index (κ1) is 14.2. The summed E-state index contributed by atoms with van der Waals surface area (Å²) in [5.41, 5.74) is 0.216. The van der Waals surface area contributed by atoms with E-state index in [4.69, 9.17) is 11.6 Å².